The molecular weight excluding hydrogens is 234 g/mol. The van der Waals surface area contributed by atoms with Gasteiger partial charge >= 0.3 is 0 Å². The molecule has 17 heavy (non-hydrogen) atoms. The third-order valence-corrected chi connectivity index (χ3v) is 4.03. The number of carbonyl (C=O) groups is 1. The van der Waals surface area contributed by atoms with Crippen LogP contribution < -0.4 is 5.32 Å². The molecule has 1 amide bonds. The van der Waals surface area contributed by atoms with Crippen molar-refractivity contribution in [3.8, 4) is 0 Å². The predicted molar refractivity (Wildman–Crippen MR) is 73.4 cm³/mol. The molecule has 0 spiro atoms. The molecule has 0 bridgehead atoms. The summed E-state index contributed by atoms with van der Waals surface area (Å²) >= 11 is 5.82. The van der Waals surface area contributed by atoms with E-state index < -0.39 is 0 Å². The maximum Gasteiger partial charge on any atom is 0.220 e. The number of halogens is 1. The fourth-order valence-corrected chi connectivity index (χ4v) is 2.38. The van der Waals surface area contributed by atoms with Crippen molar-refractivity contribution >= 4 is 17.5 Å². The Hall–Kier alpha value is -0.240. The smallest absolute Gasteiger partial charge is 0.220 e. The summed E-state index contributed by atoms with van der Waals surface area (Å²) in [5.41, 5.74) is -0.0280. The third-order valence-electron chi connectivity index (χ3n) is 3.52. The molecule has 0 radical (unpaired) electrons. The lowest BCUT2D eigenvalue weighted by molar-refractivity contribution is -0.122. The maximum atomic E-state index is 11.6. The minimum atomic E-state index is -0.0280. The molecule has 2 nitrogen and oxygen atoms in total. The molecular formula is C14H26ClNO. The number of nitrogens with one attached hydrogen (secondary N) is 1. The van der Waals surface area contributed by atoms with Crippen LogP contribution in [0.5, 0.6) is 0 Å². The summed E-state index contributed by atoms with van der Waals surface area (Å²) in [5.74, 6) is 0.757. The van der Waals surface area contributed by atoms with Gasteiger partial charge in [-0.3, -0.25) is 4.79 Å². The van der Waals surface area contributed by atoms with E-state index in [9.17, 15) is 4.79 Å². The van der Waals surface area contributed by atoms with Crippen molar-refractivity contribution in [3.05, 3.63) is 0 Å². The van der Waals surface area contributed by atoms with Crippen molar-refractivity contribution in [2.75, 3.05) is 5.88 Å². The summed E-state index contributed by atoms with van der Waals surface area (Å²) in [4.78, 5) is 11.6. The number of unbranched alkanes of at least 4 members (excludes halogenated alkanes) is 6. The molecule has 0 atom stereocenters. The summed E-state index contributed by atoms with van der Waals surface area (Å²) in [7, 11) is 0. The molecule has 1 rings (SSSR count). The summed E-state index contributed by atoms with van der Waals surface area (Å²) in [6.45, 7) is 2.23. The van der Waals surface area contributed by atoms with Gasteiger partial charge in [0, 0.05) is 12.3 Å². The van der Waals surface area contributed by atoms with Crippen molar-refractivity contribution in [1.29, 1.82) is 0 Å². The van der Waals surface area contributed by atoms with Crippen LogP contribution in [0.3, 0.4) is 0 Å². The molecule has 1 aliphatic rings. The third kappa shape index (κ3) is 6.30. The van der Waals surface area contributed by atoms with Gasteiger partial charge in [0.25, 0.3) is 0 Å². The van der Waals surface area contributed by atoms with Crippen LogP contribution in [0, 0.1) is 0 Å². The molecule has 0 aromatic heterocycles. The monoisotopic (exact) mass is 259 g/mol. The normalized spacial score (nSPS) is 16.8. The van der Waals surface area contributed by atoms with Crippen molar-refractivity contribution in [2.45, 2.75) is 76.7 Å². The average molecular weight is 260 g/mol. The summed E-state index contributed by atoms with van der Waals surface area (Å²) in [6.07, 6.45) is 11.6. The Morgan fingerprint density at radius 1 is 1.12 bits per heavy atom. The first kappa shape index (κ1) is 14.8. The molecule has 0 aromatic rings. The SMILES string of the molecule is CCCCCCCCCC(=O)NC1(CCl)CC1. The lowest BCUT2D eigenvalue weighted by atomic mass is 10.1. The Bertz CT molecular complexity index is 226. The van der Waals surface area contributed by atoms with Crippen molar-refractivity contribution in [1.82, 2.24) is 5.32 Å². The highest BCUT2D eigenvalue weighted by atomic mass is 35.5. The second-order valence-corrected chi connectivity index (χ2v) is 5.60. The molecule has 0 heterocycles. The second kappa shape index (κ2) is 7.97. The van der Waals surface area contributed by atoms with Gasteiger partial charge in [0.15, 0.2) is 0 Å². The van der Waals surface area contributed by atoms with E-state index in [1.165, 1.54) is 38.5 Å². The van der Waals surface area contributed by atoms with Crippen LogP contribution in [-0.4, -0.2) is 17.3 Å². The number of amides is 1. The van der Waals surface area contributed by atoms with Crippen molar-refractivity contribution < 1.29 is 4.79 Å². The van der Waals surface area contributed by atoms with Gasteiger partial charge in [-0.25, -0.2) is 0 Å². The Labute approximate surface area is 110 Å². The summed E-state index contributed by atoms with van der Waals surface area (Å²) in [5, 5.41) is 3.06. The van der Waals surface area contributed by atoms with Crippen LogP contribution in [0.15, 0.2) is 0 Å². The number of rotatable bonds is 10. The predicted octanol–water partition coefficient (Wildman–Crippen LogP) is 4.01. The largest absolute Gasteiger partial charge is 0.349 e. The van der Waals surface area contributed by atoms with E-state index in [4.69, 9.17) is 11.6 Å². The lowest BCUT2D eigenvalue weighted by Gasteiger charge is -2.13. The topological polar surface area (TPSA) is 29.1 Å². The van der Waals surface area contributed by atoms with Crippen molar-refractivity contribution in [3.63, 3.8) is 0 Å². The Balaban J connectivity index is 1.90. The second-order valence-electron chi connectivity index (χ2n) is 5.33. The van der Waals surface area contributed by atoms with E-state index >= 15 is 0 Å². The van der Waals surface area contributed by atoms with Crippen LogP contribution in [0.25, 0.3) is 0 Å². The fraction of sp³-hybridized carbons (Fsp3) is 0.929. The molecule has 3 heteroatoms. The Kier molecular flexibility index (Phi) is 6.94. The minimum absolute atomic E-state index is 0.0280. The van der Waals surface area contributed by atoms with Gasteiger partial charge in [-0.2, -0.15) is 0 Å². The Morgan fingerprint density at radius 2 is 1.71 bits per heavy atom. The molecule has 1 aliphatic carbocycles. The quantitative estimate of drug-likeness (QED) is 0.466. The number of hydrogen-bond donors (Lipinski definition) is 1. The molecule has 0 unspecified atom stereocenters. The first-order valence-corrected chi connectivity index (χ1v) is 7.63. The number of alkyl halides is 1. The molecule has 1 N–H and O–H groups in total. The fourth-order valence-electron chi connectivity index (χ4n) is 2.04. The van der Waals surface area contributed by atoms with E-state index in [1.807, 2.05) is 0 Å². The van der Waals surface area contributed by atoms with E-state index in [0.29, 0.717) is 12.3 Å². The molecule has 0 saturated heterocycles. The lowest BCUT2D eigenvalue weighted by Crippen LogP contribution is -2.38. The summed E-state index contributed by atoms with van der Waals surface area (Å²) in [6, 6.07) is 0. The zero-order valence-corrected chi connectivity index (χ0v) is 11.8. The van der Waals surface area contributed by atoms with Gasteiger partial charge in [-0.15, -0.1) is 11.6 Å². The minimum Gasteiger partial charge on any atom is -0.349 e. The zero-order chi connectivity index (χ0) is 12.6. The van der Waals surface area contributed by atoms with Crippen LogP contribution in [0.1, 0.15) is 71.1 Å². The van der Waals surface area contributed by atoms with Crippen LogP contribution in [0.4, 0.5) is 0 Å². The van der Waals surface area contributed by atoms with Crippen LogP contribution in [-0.2, 0) is 4.79 Å². The molecule has 0 aliphatic heterocycles. The van der Waals surface area contributed by atoms with E-state index in [-0.39, 0.29) is 11.4 Å². The molecule has 100 valence electrons. The standard InChI is InChI=1S/C14H26ClNO/c1-2-3-4-5-6-7-8-9-13(17)16-14(12-15)10-11-14/h2-12H2,1H3,(H,16,17). The van der Waals surface area contributed by atoms with E-state index in [2.05, 4.69) is 12.2 Å². The van der Waals surface area contributed by atoms with Gasteiger partial charge in [-0.1, -0.05) is 45.4 Å². The van der Waals surface area contributed by atoms with Gasteiger partial charge in [0.1, 0.15) is 0 Å². The van der Waals surface area contributed by atoms with E-state index in [0.717, 1.165) is 19.3 Å². The first-order chi connectivity index (χ1) is 8.22. The molecule has 1 saturated carbocycles. The highest BCUT2D eigenvalue weighted by Crippen LogP contribution is 2.36. The number of carbonyl (C=O) groups excluding carboxylic acids is 1. The average Bonchev–Trinajstić information content (AvgIpc) is 3.08. The van der Waals surface area contributed by atoms with Gasteiger partial charge < -0.3 is 5.32 Å². The zero-order valence-electron chi connectivity index (χ0n) is 11.1. The first-order valence-electron chi connectivity index (χ1n) is 7.09. The highest BCUT2D eigenvalue weighted by molar-refractivity contribution is 6.19. The van der Waals surface area contributed by atoms with Crippen LogP contribution in [0.2, 0.25) is 0 Å². The molecule has 0 aromatic carbocycles. The van der Waals surface area contributed by atoms with Gasteiger partial charge in [-0.05, 0) is 19.3 Å². The van der Waals surface area contributed by atoms with Gasteiger partial charge in [0.05, 0.1) is 5.54 Å². The maximum absolute atomic E-state index is 11.6. The van der Waals surface area contributed by atoms with Gasteiger partial charge in [0.2, 0.25) is 5.91 Å². The molecule has 1 fully saturated rings. The van der Waals surface area contributed by atoms with E-state index in [1.54, 1.807) is 0 Å². The summed E-state index contributed by atoms with van der Waals surface area (Å²) < 4.78 is 0. The van der Waals surface area contributed by atoms with Crippen LogP contribution >= 0.6 is 11.6 Å². The van der Waals surface area contributed by atoms with Crippen molar-refractivity contribution in [2.24, 2.45) is 0 Å². The highest BCUT2D eigenvalue weighted by Gasteiger charge is 2.42. The number of hydrogen-bond acceptors (Lipinski definition) is 1. The Morgan fingerprint density at radius 3 is 2.24 bits per heavy atom.